The van der Waals surface area contributed by atoms with Crippen LogP contribution in [0.1, 0.15) is 38.3 Å². The summed E-state index contributed by atoms with van der Waals surface area (Å²) in [5.74, 6) is 0.452. The molecule has 0 aliphatic carbocycles. The SMILES string of the molecule is CCNC(Cc1cc(Cl)cc(Cl)c1)CC(C)(C)c1cc(F)ccc1OC. The topological polar surface area (TPSA) is 21.3 Å². The molecule has 0 heterocycles. The molecule has 0 bridgehead atoms. The van der Waals surface area contributed by atoms with E-state index < -0.39 is 0 Å². The zero-order valence-corrected chi connectivity index (χ0v) is 17.2. The number of methoxy groups -OCH3 is 1. The molecular formula is C21H26Cl2FNO. The predicted octanol–water partition coefficient (Wildman–Crippen LogP) is 6.03. The maximum atomic E-state index is 13.8. The van der Waals surface area contributed by atoms with Gasteiger partial charge in [-0.05, 0) is 66.8 Å². The lowest BCUT2D eigenvalue weighted by molar-refractivity contribution is 0.348. The fraction of sp³-hybridized carbons (Fsp3) is 0.429. The van der Waals surface area contributed by atoms with Gasteiger partial charge in [0, 0.05) is 21.7 Å². The van der Waals surface area contributed by atoms with Gasteiger partial charge in [0.1, 0.15) is 11.6 Å². The Morgan fingerprint density at radius 3 is 2.35 bits per heavy atom. The van der Waals surface area contributed by atoms with E-state index in [1.165, 1.54) is 6.07 Å². The minimum absolute atomic E-state index is 0.192. The smallest absolute Gasteiger partial charge is 0.123 e. The van der Waals surface area contributed by atoms with E-state index in [9.17, 15) is 4.39 Å². The van der Waals surface area contributed by atoms with Crippen LogP contribution in [-0.4, -0.2) is 19.7 Å². The highest BCUT2D eigenvalue weighted by molar-refractivity contribution is 6.34. The molecule has 1 atom stereocenters. The van der Waals surface area contributed by atoms with E-state index in [0.29, 0.717) is 15.8 Å². The van der Waals surface area contributed by atoms with Crippen molar-refractivity contribution in [3.8, 4) is 5.75 Å². The van der Waals surface area contributed by atoms with E-state index in [1.54, 1.807) is 25.3 Å². The van der Waals surface area contributed by atoms with Crippen LogP contribution in [0.2, 0.25) is 10.0 Å². The van der Waals surface area contributed by atoms with Crippen LogP contribution in [0.3, 0.4) is 0 Å². The second kappa shape index (κ2) is 9.07. The summed E-state index contributed by atoms with van der Waals surface area (Å²) in [5, 5.41) is 4.79. The maximum Gasteiger partial charge on any atom is 0.123 e. The molecule has 0 amide bonds. The molecule has 0 spiro atoms. The van der Waals surface area contributed by atoms with Gasteiger partial charge in [-0.15, -0.1) is 0 Å². The number of nitrogens with one attached hydrogen (secondary N) is 1. The van der Waals surface area contributed by atoms with Crippen LogP contribution in [0, 0.1) is 5.82 Å². The van der Waals surface area contributed by atoms with Crippen LogP contribution >= 0.6 is 23.2 Å². The van der Waals surface area contributed by atoms with Crippen molar-refractivity contribution in [1.29, 1.82) is 0 Å². The van der Waals surface area contributed by atoms with E-state index in [0.717, 1.165) is 30.5 Å². The first-order chi connectivity index (χ1) is 12.2. The number of hydrogen-bond donors (Lipinski definition) is 1. The average Bonchev–Trinajstić information content (AvgIpc) is 2.53. The summed E-state index contributed by atoms with van der Waals surface area (Å²) in [6.07, 6.45) is 1.60. The Morgan fingerprint density at radius 1 is 1.12 bits per heavy atom. The van der Waals surface area contributed by atoms with Crippen LogP contribution in [0.4, 0.5) is 4.39 Å². The van der Waals surface area contributed by atoms with Crippen LogP contribution < -0.4 is 10.1 Å². The number of ether oxygens (including phenoxy) is 1. The summed E-state index contributed by atoms with van der Waals surface area (Å²) in [5.41, 5.74) is 1.67. The molecule has 1 unspecified atom stereocenters. The molecule has 26 heavy (non-hydrogen) atoms. The summed E-state index contributed by atoms with van der Waals surface area (Å²) < 4.78 is 19.3. The molecule has 2 aromatic carbocycles. The Hall–Kier alpha value is -1.29. The Balaban J connectivity index is 2.26. The lowest BCUT2D eigenvalue weighted by Crippen LogP contribution is -2.37. The zero-order chi connectivity index (χ0) is 19.3. The highest BCUT2D eigenvalue weighted by Gasteiger charge is 2.28. The number of likely N-dealkylation sites (N-methyl/N-ethyl adjacent to an activating group) is 1. The fourth-order valence-corrected chi connectivity index (χ4v) is 4.02. The first kappa shape index (κ1) is 21.0. The summed E-state index contributed by atoms with van der Waals surface area (Å²) >= 11 is 12.3. The molecule has 1 N–H and O–H groups in total. The van der Waals surface area contributed by atoms with Gasteiger partial charge in [-0.1, -0.05) is 44.0 Å². The molecule has 0 fully saturated rings. The molecule has 2 rings (SSSR count). The molecule has 0 aliphatic rings. The fourth-order valence-electron chi connectivity index (χ4n) is 3.45. The highest BCUT2D eigenvalue weighted by Crippen LogP contribution is 2.36. The van der Waals surface area contributed by atoms with Crippen molar-refractivity contribution in [2.75, 3.05) is 13.7 Å². The van der Waals surface area contributed by atoms with Gasteiger partial charge in [0.2, 0.25) is 0 Å². The lowest BCUT2D eigenvalue weighted by atomic mass is 9.77. The van der Waals surface area contributed by atoms with E-state index >= 15 is 0 Å². The quantitative estimate of drug-likeness (QED) is 0.586. The molecule has 0 saturated heterocycles. The van der Waals surface area contributed by atoms with Gasteiger partial charge >= 0.3 is 0 Å². The van der Waals surface area contributed by atoms with Gasteiger partial charge in [-0.3, -0.25) is 0 Å². The molecule has 0 saturated carbocycles. The van der Waals surface area contributed by atoms with Crippen molar-refractivity contribution in [3.05, 3.63) is 63.4 Å². The second-order valence-corrected chi connectivity index (χ2v) is 8.04. The van der Waals surface area contributed by atoms with Crippen molar-refractivity contribution < 1.29 is 9.13 Å². The monoisotopic (exact) mass is 397 g/mol. The van der Waals surface area contributed by atoms with Gasteiger partial charge in [0.05, 0.1) is 7.11 Å². The second-order valence-electron chi connectivity index (χ2n) is 7.17. The first-order valence-electron chi connectivity index (χ1n) is 8.77. The van der Waals surface area contributed by atoms with E-state index in [1.807, 2.05) is 12.1 Å². The number of benzene rings is 2. The van der Waals surface area contributed by atoms with Crippen LogP contribution in [0.15, 0.2) is 36.4 Å². The van der Waals surface area contributed by atoms with Gasteiger partial charge in [-0.25, -0.2) is 4.39 Å². The van der Waals surface area contributed by atoms with Crippen LogP contribution in [0.25, 0.3) is 0 Å². The minimum Gasteiger partial charge on any atom is -0.496 e. The summed E-state index contributed by atoms with van der Waals surface area (Å²) in [7, 11) is 1.61. The zero-order valence-electron chi connectivity index (χ0n) is 15.7. The average molecular weight is 398 g/mol. The summed E-state index contributed by atoms with van der Waals surface area (Å²) in [4.78, 5) is 0. The number of hydrogen-bond acceptors (Lipinski definition) is 2. The minimum atomic E-state index is -0.275. The Bertz CT molecular complexity index is 729. The predicted molar refractivity (Wildman–Crippen MR) is 108 cm³/mol. The van der Waals surface area contributed by atoms with Gasteiger partial charge < -0.3 is 10.1 Å². The van der Waals surface area contributed by atoms with Crippen molar-refractivity contribution in [2.24, 2.45) is 0 Å². The first-order valence-corrected chi connectivity index (χ1v) is 9.53. The maximum absolute atomic E-state index is 13.8. The van der Waals surface area contributed by atoms with Crippen molar-refractivity contribution in [1.82, 2.24) is 5.32 Å². The van der Waals surface area contributed by atoms with E-state index in [2.05, 4.69) is 26.1 Å². The molecule has 5 heteroatoms. The van der Waals surface area contributed by atoms with Crippen LogP contribution in [0.5, 0.6) is 5.75 Å². The Morgan fingerprint density at radius 2 is 1.77 bits per heavy atom. The molecular weight excluding hydrogens is 372 g/mol. The Labute approximate surface area is 165 Å². The van der Waals surface area contributed by atoms with Gasteiger partial charge in [-0.2, -0.15) is 0 Å². The third kappa shape index (κ3) is 5.60. The summed E-state index contributed by atoms with van der Waals surface area (Å²) in [6.45, 7) is 7.14. The van der Waals surface area contributed by atoms with Crippen molar-refractivity contribution >= 4 is 23.2 Å². The van der Waals surface area contributed by atoms with Gasteiger partial charge in [0.25, 0.3) is 0 Å². The van der Waals surface area contributed by atoms with E-state index in [-0.39, 0.29) is 17.3 Å². The third-order valence-electron chi connectivity index (χ3n) is 4.54. The highest BCUT2D eigenvalue weighted by atomic mass is 35.5. The standard InChI is InChI=1S/C21H26Cl2FNO/c1-5-25-18(10-14-8-15(22)11-16(23)9-14)13-21(2,3)19-12-17(24)6-7-20(19)26-4/h6-9,11-12,18,25H,5,10,13H2,1-4H3. The normalized spacial score (nSPS) is 12.9. The van der Waals surface area contributed by atoms with E-state index in [4.69, 9.17) is 27.9 Å². The summed E-state index contributed by atoms with van der Waals surface area (Å²) in [6, 6.07) is 10.5. The lowest BCUT2D eigenvalue weighted by Gasteiger charge is -2.32. The third-order valence-corrected chi connectivity index (χ3v) is 4.98. The molecule has 2 nitrogen and oxygen atoms in total. The number of halogens is 3. The largest absolute Gasteiger partial charge is 0.496 e. The number of rotatable bonds is 8. The van der Waals surface area contributed by atoms with Crippen molar-refractivity contribution in [2.45, 2.75) is 45.1 Å². The van der Waals surface area contributed by atoms with Crippen molar-refractivity contribution in [3.63, 3.8) is 0 Å². The molecule has 0 aromatic heterocycles. The van der Waals surface area contributed by atoms with Crippen LogP contribution in [-0.2, 0) is 11.8 Å². The molecule has 2 aromatic rings. The Kier molecular flexibility index (Phi) is 7.33. The molecule has 0 radical (unpaired) electrons. The molecule has 142 valence electrons. The molecule has 0 aliphatic heterocycles. The van der Waals surface area contributed by atoms with Gasteiger partial charge in [0.15, 0.2) is 0 Å².